The number of halogens is 1. The van der Waals surface area contributed by atoms with Gasteiger partial charge in [0.05, 0.1) is 24.0 Å². The largest absolute Gasteiger partial charge is 0.353 e. The summed E-state index contributed by atoms with van der Waals surface area (Å²) in [5, 5.41) is 2.92. The van der Waals surface area contributed by atoms with Crippen molar-refractivity contribution in [1.29, 1.82) is 0 Å². The number of aryl methyl sites for hydroxylation is 1. The minimum absolute atomic E-state index is 0.0816. The fourth-order valence-corrected chi connectivity index (χ4v) is 4.29. The van der Waals surface area contributed by atoms with Crippen LogP contribution in [0.4, 0.5) is 5.69 Å². The molecule has 7 heteroatoms. The van der Waals surface area contributed by atoms with E-state index in [1.807, 2.05) is 53.1 Å². The average Bonchev–Trinajstić information content (AvgIpc) is 3.12. The predicted octanol–water partition coefficient (Wildman–Crippen LogP) is 3.85. The van der Waals surface area contributed by atoms with Crippen molar-refractivity contribution in [2.75, 3.05) is 31.1 Å². The van der Waals surface area contributed by atoms with E-state index in [1.54, 1.807) is 0 Å². The molecule has 1 aromatic carbocycles. The normalized spacial score (nSPS) is 14.0. The summed E-state index contributed by atoms with van der Waals surface area (Å²) in [6, 6.07) is 11.7. The van der Waals surface area contributed by atoms with E-state index < -0.39 is 0 Å². The zero-order chi connectivity index (χ0) is 19.9. The van der Waals surface area contributed by atoms with Crippen molar-refractivity contribution < 1.29 is 9.59 Å². The van der Waals surface area contributed by atoms with Gasteiger partial charge < -0.3 is 15.1 Å². The van der Waals surface area contributed by atoms with Crippen molar-refractivity contribution >= 4 is 40.4 Å². The van der Waals surface area contributed by atoms with E-state index in [1.165, 1.54) is 17.8 Å². The molecule has 150 valence electrons. The molecule has 0 aliphatic carbocycles. The van der Waals surface area contributed by atoms with Crippen LogP contribution in [0.5, 0.6) is 0 Å². The van der Waals surface area contributed by atoms with Gasteiger partial charge in [-0.25, -0.2) is 0 Å². The lowest BCUT2D eigenvalue weighted by Gasteiger charge is -2.30. The topological polar surface area (TPSA) is 52.7 Å². The van der Waals surface area contributed by atoms with E-state index in [4.69, 9.17) is 11.6 Å². The Balaban J connectivity index is 1.63. The number of rotatable bonds is 7. The molecule has 2 heterocycles. The van der Waals surface area contributed by atoms with Crippen molar-refractivity contribution in [1.82, 2.24) is 10.2 Å². The third-order valence-corrected chi connectivity index (χ3v) is 6.09. The monoisotopic (exact) mass is 419 g/mol. The van der Waals surface area contributed by atoms with Crippen LogP contribution in [-0.4, -0.2) is 42.9 Å². The number of nitrogens with zero attached hydrogens (tertiary/aromatic N) is 2. The highest BCUT2D eigenvalue weighted by Gasteiger charge is 2.21. The average molecular weight is 420 g/mol. The lowest BCUT2D eigenvalue weighted by Crippen LogP contribution is -2.45. The molecule has 1 fully saturated rings. The number of likely N-dealkylation sites (tertiary alicyclic amines) is 1. The van der Waals surface area contributed by atoms with Crippen molar-refractivity contribution in [3.05, 3.63) is 51.2 Å². The third kappa shape index (κ3) is 5.97. The number of piperidine rings is 1. The van der Waals surface area contributed by atoms with Crippen LogP contribution < -0.4 is 10.2 Å². The summed E-state index contributed by atoms with van der Waals surface area (Å²) in [4.78, 5) is 30.0. The van der Waals surface area contributed by atoms with Gasteiger partial charge in [-0.2, -0.15) is 0 Å². The number of carbonyl (C=O) groups is 2. The second-order valence-corrected chi connectivity index (χ2v) is 8.92. The zero-order valence-electron chi connectivity index (χ0n) is 16.1. The molecule has 2 amide bonds. The van der Waals surface area contributed by atoms with Gasteiger partial charge in [-0.15, -0.1) is 11.3 Å². The van der Waals surface area contributed by atoms with Crippen LogP contribution in [0.1, 0.15) is 29.7 Å². The summed E-state index contributed by atoms with van der Waals surface area (Å²) in [7, 11) is 0. The van der Waals surface area contributed by atoms with Crippen LogP contribution in [0.2, 0.25) is 4.34 Å². The lowest BCUT2D eigenvalue weighted by atomic mass is 10.1. The first kappa shape index (κ1) is 20.7. The van der Waals surface area contributed by atoms with Gasteiger partial charge in [0.2, 0.25) is 11.8 Å². The van der Waals surface area contributed by atoms with Gasteiger partial charge in [-0.1, -0.05) is 29.3 Å². The minimum atomic E-state index is -0.114. The van der Waals surface area contributed by atoms with Crippen molar-refractivity contribution in [3.63, 3.8) is 0 Å². The minimum Gasteiger partial charge on any atom is -0.353 e. The molecule has 0 radical (unpaired) electrons. The number of anilines is 1. The summed E-state index contributed by atoms with van der Waals surface area (Å²) in [6.07, 6.45) is 3.29. The number of benzene rings is 1. The van der Waals surface area contributed by atoms with E-state index in [2.05, 4.69) is 5.32 Å². The highest BCUT2D eigenvalue weighted by molar-refractivity contribution is 7.16. The highest BCUT2D eigenvalue weighted by atomic mass is 35.5. The van der Waals surface area contributed by atoms with Gasteiger partial charge in [-0.05, 0) is 50.5 Å². The number of hydrogen-bond acceptors (Lipinski definition) is 4. The molecule has 28 heavy (non-hydrogen) atoms. The maximum Gasteiger partial charge on any atom is 0.242 e. The Labute approximate surface area is 175 Å². The van der Waals surface area contributed by atoms with Crippen LogP contribution in [0.25, 0.3) is 0 Å². The fraction of sp³-hybridized carbons (Fsp3) is 0.429. The van der Waals surface area contributed by atoms with Crippen LogP contribution in [0.15, 0.2) is 36.4 Å². The Hall–Kier alpha value is -2.05. The second kappa shape index (κ2) is 9.94. The van der Waals surface area contributed by atoms with Gasteiger partial charge in [0.1, 0.15) is 0 Å². The Kier molecular flexibility index (Phi) is 7.34. The van der Waals surface area contributed by atoms with E-state index in [9.17, 15) is 9.59 Å². The predicted molar refractivity (Wildman–Crippen MR) is 115 cm³/mol. The summed E-state index contributed by atoms with van der Waals surface area (Å²) in [5.41, 5.74) is 2.02. The Morgan fingerprint density at radius 2 is 1.79 bits per heavy atom. The van der Waals surface area contributed by atoms with Gasteiger partial charge in [0, 0.05) is 23.7 Å². The van der Waals surface area contributed by atoms with Gasteiger partial charge in [-0.3, -0.25) is 9.59 Å². The Morgan fingerprint density at radius 1 is 1.07 bits per heavy atom. The molecule has 1 aliphatic heterocycles. The van der Waals surface area contributed by atoms with E-state index in [0.717, 1.165) is 42.1 Å². The number of hydrogen-bond donors (Lipinski definition) is 1. The molecule has 1 aromatic heterocycles. The van der Waals surface area contributed by atoms with E-state index in [-0.39, 0.29) is 24.9 Å². The van der Waals surface area contributed by atoms with Crippen molar-refractivity contribution in [3.8, 4) is 0 Å². The molecule has 1 aliphatic rings. The number of amides is 2. The molecule has 0 saturated carbocycles. The molecule has 3 rings (SSSR count). The number of nitrogens with one attached hydrogen (secondary N) is 1. The third-order valence-electron chi connectivity index (χ3n) is 4.86. The first-order chi connectivity index (χ1) is 13.5. The maximum atomic E-state index is 12.8. The second-order valence-electron chi connectivity index (χ2n) is 7.12. The molecule has 1 N–H and O–H groups in total. The lowest BCUT2D eigenvalue weighted by molar-refractivity contribution is -0.130. The first-order valence-electron chi connectivity index (χ1n) is 9.61. The SMILES string of the molecule is Cc1ccc(N(CC(=O)NCc2ccc(Cl)s2)CC(=O)N2CCCCC2)cc1. The highest BCUT2D eigenvalue weighted by Crippen LogP contribution is 2.21. The number of thiophene rings is 1. The molecule has 0 unspecified atom stereocenters. The van der Waals surface area contributed by atoms with Crippen molar-refractivity contribution in [2.45, 2.75) is 32.7 Å². The zero-order valence-corrected chi connectivity index (χ0v) is 17.7. The van der Waals surface area contributed by atoms with Crippen molar-refractivity contribution in [2.24, 2.45) is 0 Å². The van der Waals surface area contributed by atoms with Crippen LogP contribution in [0.3, 0.4) is 0 Å². The summed E-state index contributed by atoms with van der Waals surface area (Å²) in [6.45, 7) is 4.44. The summed E-state index contributed by atoms with van der Waals surface area (Å²) in [5.74, 6) is -0.0327. The van der Waals surface area contributed by atoms with E-state index in [0.29, 0.717) is 10.9 Å². The quantitative estimate of drug-likeness (QED) is 0.741. The van der Waals surface area contributed by atoms with Gasteiger partial charge in [0.25, 0.3) is 0 Å². The van der Waals surface area contributed by atoms with Crippen LogP contribution >= 0.6 is 22.9 Å². The standard InChI is InChI=1S/C21H26ClN3O2S/c1-16-5-7-17(8-6-16)25(15-21(27)24-11-3-2-4-12-24)14-20(26)23-13-18-9-10-19(22)28-18/h5-10H,2-4,11-15H2,1H3,(H,23,26). The number of carbonyl (C=O) groups excluding carboxylic acids is 2. The van der Waals surface area contributed by atoms with Gasteiger partial charge in [0.15, 0.2) is 0 Å². The molecule has 0 spiro atoms. The van der Waals surface area contributed by atoms with Crippen LogP contribution in [-0.2, 0) is 16.1 Å². The summed E-state index contributed by atoms with van der Waals surface area (Å²) < 4.78 is 0.706. The fourth-order valence-electron chi connectivity index (χ4n) is 3.26. The molecule has 0 bridgehead atoms. The molecular weight excluding hydrogens is 394 g/mol. The molecule has 1 saturated heterocycles. The Bertz CT molecular complexity index is 800. The maximum absolute atomic E-state index is 12.8. The first-order valence-corrected chi connectivity index (χ1v) is 10.8. The molecule has 5 nitrogen and oxygen atoms in total. The molecular formula is C21H26ClN3O2S. The van der Waals surface area contributed by atoms with E-state index >= 15 is 0 Å². The Morgan fingerprint density at radius 3 is 2.43 bits per heavy atom. The molecule has 0 atom stereocenters. The smallest absolute Gasteiger partial charge is 0.242 e. The van der Waals surface area contributed by atoms with Crippen LogP contribution in [0, 0.1) is 6.92 Å². The summed E-state index contributed by atoms with van der Waals surface area (Å²) >= 11 is 7.39. The molecule has 2 aromatic rings. The van der Waals surface area contributed by atoms with Gasteiger partial charge >= 0.3 is 0 Å².